The number of carbonyl (C=O) groups is 2. The molecule has 78 valence electrons. The zero-order chi connectivity index (χ0) is 20.6. The molecule has 6 heteroatoms. The molecular formula is C8H14N4O2. The molecule has 2 heterocycles. The van der Waals surface area contributed by atoms with Crippen LogP contribution in [0.1, 0.15) is 16.4 Å². The fourth-order valence-corrected chi connectivity index (χ4v) is 1.45. The van der Waals surface area contributed by atoms with Crippen molar-refractivity contribution in [3.8, 4) is 0 Å². The molecule has 2 saturated heterocycles. The van der Waals surface area contributed by atoms with E-state index in [0.29, 0.717) is 0 Å². The van der Waals surface area contributed by atoms with Gasteiger partial charge in [-0.3, -0.25) is 0 Å². The van der Waals surface area contributed by atoms with Crippen LogP contribution in [0.3, 0.4) is 0 Å². The molecule has 0 saturated carbocycles. The number of amides is 4. The van der Waals surface area contributed by atoms with Crippen molar-refractivity contribution in [2.75, 3.05) is 27.9 Å². The van der Waals surface area contributed by atoms with Gasteiger partial charge >= 0.3 is 12.1 Å². The van der Waals surface area contributed by atoms with Crippen molar-refractivity contribution in [1.82, 2.24) is 19.6 Å². The van der Waals surface area contributed by atoms with Crippen LogP contribution in [0, 0.1) is 0 Å². The average molecular weight is 210 g/mol. The van der Waals surface area contributed by atoms with Crippen LogP contribution in [0.5, 0.6) is 0 Å². The first kappa shape index (κ1) is 2.56. The highest BCUT2D eigenvalue weighted by Crippen LogP contribution is 2.30. The maximum Gasteiger partial charge on any atom is 0.323 e. The second-order valence-electron chi connectivity index (χ2n) is 2.87. The van der Waals surface area contributed by atoms with Crippen molar-refractivity contribution in [1.29, 1.82) is 0 Å². The summed E-state index contributed by atoms with van der Waals surface area (Å²) in [5.74, 6) is 0. The van der Waals surface area contributed by atoms with E-state index in [2.05, 4.69) is 0 Å². The predicted octanol–water partition coefficient (Wildman–Crippen LogP) is -0.367. The fourth-order valence-electron chi connectivity index (χ4n) is 1.45. The van der Waals surface area contributed by atoms with Crippen LogP contribution < -0.4 is 0 Å². The third-order valence-corrected chi connectivity index (χ3v) is 2.15. The molecule has 14 heavy (non-hydrogen) atoms. The largest absolute Gasteiger partial charge is 0.323 e. The molecular weight excluding hydrogens is 184 g/mol. The third-order valence-electron chi connectivity index (χ3n) is 2.15. The molecule has 0 aromatic heterocycles. The molecule has 0 unspecified atom stereocenters. The summed E-state index contributed by atoms with van der Waals surface area (Å²) in [6.07, 6.45) is -4.31. The summed E-state index contributed by atoms with van der Waals surface area (Å²) in [6, 6.07) is -3.26. The molecule has 0 radical (unpaired) electrons. The van der Waals surface area contributed by atoms with E-state index < -0.39 is 52.3 Å². The highest BCUT2D eigenvalue weighted by molar-refractivity contribution is 5.84. The van der Waals surface area contributed by atoms with Gasteiger partial charge in [0, 0.05) is 44.4 Å². The van der Waals surface area contributed by atoms with E-state index in [1.54, 1.807) is 0 Å². The van der Waals surface area contributed by atoms with Crippen LogP contribution >= 0.6 is 0 Å². The molecule has 2 aliphatic rings. The van der Waals surface area contributed by atoms with Crippen molar-refractivity contribution < 1.29 is 26.0 Å². The zero-order valence-electron chi connectivity index (χ0n) is 18.8. The van der Waals surface area contributed by atoms with Gasteiger partial charge in [-0.2, -0.15) is 0 Å². The zero-order valence-corrected chi connectivity index (χ0v) is 6.76. The average Bonchev–Trinajstić information content (AvgIpc) is 2.72. The minimum atomic E-state index is -3.32. The van der Waals surface area contributed by atoms with Gasteiger partial charge in [-0.25, -0.2) is 9.59 Å². The molecule has 4 amide bonds. The topological polar surface area (TPSA) is 47.1 Å². The van der Waals surface area contributed by atoms with Gasteiger partial charge in [0.25, 0.3) is 0 Å². The Morgan fingerprint density at radius 3 is 1.36 bits per heavy atom. The summed E-state index contributed by atoms with van der Waals surface area (Å²) < 4.78 is 89.2. The Balaban J connectivity index is 2.77. The molecule has 2 rings (SSSR count). The minimum absolute atomic E-state index is 0.0694. The van der Waals surface area contributed by atoms with Gasteiger partial charge in [-0.05, 0) is 0 Å². The Morgan fingerprint density at radius 2 is 1.14 bits per heavy atom. The molecule has 0 aromatic rings. The first-order chi connectivity index (χ1) is 11.3. The normalized spacial score (nSPS) is 48.3. The number of carbonyl (C=O) groups excluding carboxylic acids is 2. The molecule has 0 aliphatic carbocycles. The summed E-state index contributed by atoms with van der Waals surface area (Å²) in [7, 11) is 0. The third kappa shape index (κ3) is 0.804. The number of likely N-dealkylation sites (N-methyl/N-ethyl adjacent to an activating group) is 4. The monoisotopic (exact) mass is 210 g/mol. The number of hydrogen-bond donors (Lipinski definition) is 0. The summed E-state index contributed by atoms with van der Waals surface area (Å²) in [6.45, 7) is -13.3. The molecule has 2 aliphatic heterocycles. The quantitative estimate of drug-likeness (QED) is 0.548. The SMILES string of the molecule is [2H]C([2H])([2H])N1C(=O)N(C([2H])([2H])[2H])C2C1N(C([2H])([2H])[2H])C(=O)N2C([2H])([2H])[2H]. The first-order valence-corrected chi connectivity index (χ1v) is 3.56. The molecule has 6 nitrogen and oxygen atoms in total. The highest BCUT2D eigenvalue weighted by Gasteiger charge is 2.54. The molecule has 0 N–H and O–H groups in total. The number of fused-ring (bicyclic) bond motifs is 1. The van der Waals surface area contributed by atoms with E-state index in [-0.39, 0.29) is 19.6 Å². The summed E-state index contributed by atoms with van der Waals surface area (Å²) >= 11 is 0. The molecule has 0 aromatic carbocycles. The second-order valence-corrected chi connectivity index (χ2v) is 2.87. The van der Waals surface area contributed by atoms with E-state index in [4.69, 9.17) is 16.4 Å². The summed E-state index contributed by atoms with van der Waals surface area (Å²) in [4.78, 5) is 24.7. The Bertz CT molecular complexity index is 519. The van der Waals surface area contributed by atoms with E-state index in [0.717, 1.165) is 0 Å². The lowest BCUT2D eigenvalue weighted by molar-refractivity contribution is 0.157. The first-order valence-electron chi connectivity index (χ1n) is 9.56. The van der Waals surface area contributed by atoms with Crippen molar-refractivity contribution in [3.63, 3.8) is 0 Å². The Labute approximate surface area is 99.5 Å². The highest BCUT2D eigenvalue weighted by atomic mass is 16.2. The van der Waals surface area contributed by atoms with Crippen molar-refractivity contribution in [2.24, 2.45) is 0 Å². The number of hydrogen-bond acceptors (Lipinski definition) is 2. The summed E-state index contributed by atoms with van der Waals surface area (Å²) in [5, 5.41) is 0. The number of nitrogens with zero attached hydrogens (tertiary/aromatic N) is 4. The fraction of sp³-hybridized carbons (Fsp3) is 0.750. The van der Waals surface area contributed by atoms with Gasteiger partial charge in [-0.15, -0.1) is 0 Å². The van der Waals surface area contributed by atoms with Crippen LogP contribution in [0.4, 0.5) is 9.59 Å². The predicted molar refractivity (Wildman–Crippen MR) is 49.4 cm³/mol. The Kier molecular flexibility index (Phi) is 0.461. The van der Waals surface area contributed by atoms with Gasteiger partial charge in [0.2, 0.25) is 0 Å². The lowest BCUT2D eigenvalue weighted by Gasteiger charge is -2.22. The molecule has 2 fully saturated rings. The van der Waals surface area contributed by atoms with Crippen LogP contribution in [0.25, 0.3) is 0 Å². The van der Waals surface area contributed by atoms with Gasteiger partial charge in [-0.1, -0.05) is 0 Å². The van der Waals surface area contributed by atoms with E-state index in [1.165, 1.54) is 0 Å². The maximum absolute atomic E-state index is 12.5. The van der Waals surface area contributed by atoms with Crippen molar-refractivity contribution >= 4 is 12.1 Å². The second kappa shape index (κ2) is 2.52. The van der Waals surface area contributed by atoms with E-state index in [9.17, 15) is 9.59 Å². The van der Waals surface area contributed by atoms with E-state index >= 15 is 0 Å². The van der Waals surface area contributed by atoms with Crippen molar-refractivity contribution in [2.45, 2.75) is 12.3 Å². The van der Waals surface area contributed by atoms with E-state index in [1.807, 2.05) is 0 Å². The Morgan fingerprint density at radius 1 is 0.857 bits per heavy atom. The lowest BCUT2D eigenvalue weighted by Crippen LogP contribution is -2.42. The van der Waals surface area contributed by atoms with Crippen LogP contribution in [-0.4, -0.2) is 71.9 Å². The standard InChI is InChI=1S/C8H14N4O2/c1-9-5-6(11(3)7(9)13)12(4)8(14)10(5)2/h5-6H,1-4H3/i1D3,2D3,3D3,4D3. The summed E-state index contributed by atoms with van der Waals surface area (Å²) in [5.41, 5.74) is 0. The minimum Gasteiger partial charge on any atom is -0.303 e. The van der Waals surface area contributed by atoms with Gasteiger partial charge in [0.05, 0.1) is 0 Å². The number of urea groups is 2. The van der Waals surface area contributed by atoms with Crippen molar-refractivity contribution in [3.05, 3.63) is 0 Å². The van der Waals surface area contributed by atoms with Gasteiger partial charge < -0.3 is 19.6 Å². The maximum atomic E-state index is 12.5. The molecule has 0 bridgehead atoms. The number of rotatable bonds is 0. The lowest BCUT2D eigenvalue weighted by atomic mass is 10.4. The molecule has 0 atom stereocenters. The van der Waals surface area contributed by atoms with Crippen LogP contribution in [0.15, 0.2) is 0 Å². The van der Waals surface area contributed by atoms with Gasteiger partial charge in [0.15, 0.2) is 0 Å². The van der Waals surface area contributed by atoms with Crippen LogP contribution in [-0.2, 0) is 0 Å². The molecule has 0 spiro atoms. The van der Waals surface area contributed by atoms with Gasteiger partial charge in [0.1, 0.15) is 12.3 Å². The smallest absolute Gasteiger partial charge is 0.303 e. The Hall–Kier alpha value is -1.46. The van der Waals surface area contributed by atoms with Crippen LogP contribution in [0.2, 0.25) is 0 Å².